The van der Waals surface area contributed by atoms with E-state index >= 15 is 0 Å². The normalized spacial score (nSPS) is 12.4. The van der Waals surface area contributed by atoms with Crippen LogP contribution in [0.3, 0.4) is 0 Å². The van der Waals surface area contributed by atoms with Gasteiger partial charge in [0.25, 0.3) is 0 Å². The SMILES string of the molecule is C[C@H](C(=O)NCCSc1ccccc1)N(c1ccc(Cl)cc1)S(C)(=O)=O. The third kappa shape index (κ3) is 5.93. The Balaban J connectivity index is 1.98. The lowest BCUT2D eigenvalue weighted by molar-refractivity contribution is -0.121. The van der Waals surface area contributed by atoms with Crippen molar-refractivity contribution < 1.29 is 13.2 Å². The molecule has 0 heterocycles. The van der Waals surface area contributed by atoms with Crippen molar-refractivity contribution >= 4 is 45.0 Å². The summed E-state index contributed by atoms with van der Waals surface area (Å²) >= 11 is 7.48. The average Bonchev–Trinajstić information content (AvgIpc) is 2.60. The number of hydrogen-bond acceptors (Lipinski definition) is 4. The molecule has 2 rings (SSSR count). The molecule has 2 aromatic carbocycles. The molecular weight excluding hydrogens is 392 g/mol. The summed E-state index contributed by atoms with van der Waals surface area (Å²) in [6.07, 6.45) is 1.08. The Bertz CT molecular complexity index is 827. The second kappa shape index (κ2) is 9.30. The predicted molar refractivity (Wildman–Crippen MR) is 108 cm³/mol. The van der Waals surface area contributed by atoms with Crippen molar-refractivity contribution in [1.82, 2.24) is 5.32 Å². The van der Waals surface area contributed by atoms with Crippen LogP contribution in [0, 0.1) is 0 Å². The van der Waals surface area contributed by atoms with Crippen LogP contribution >= 0.6 is 23.4 Å². The van der Waals surface area contributed by atoms with Gasteiger partial charge in [0.15, 0.2) is 0 Å². The minimum absolute atomic E-state index is 0.348. The van der Waals surface area contributed by atoms with Gasteiger partial charge < -0.3 is 5.32 Å². The van der Waals surface area contributed by atoms with Gasteiger partial charge in [-0.25, -0.2) is 8.42 Å². The first-order chi connectivity index (χ1) is 12.3. The predicted octanol–water partition coefficient (Wildman–Crippen LogP) is 3.40. The molecule has 1 N–H and O–H groups in total. The molecule has 0 saturated carbocycles. The van der Waals surface area contributed by atoms with Crippen molar-refractivity contribution in [3.8, 4) is 0 Å². The first-order valence-corrected chi connectivity index (χ1v) is 11.2. The summed E-state index contributed by atoms with van der Waals surface area (Å²) in [7, 11) is -3.62. The number of nitrogens with zero attached hydrogens (tertiary/aromatic N) is 1. The van der Waals surface area contributed by atoms with Gasteiger partial charge >= 0.3 is 0 Å². The number of amides is 1. The number of carbonyl (C=O) groups excluding carboxylic acids is 1. The van der Waals surface area contributed by atoms with Crippen LogP contribution in [-0.4, -0.2) is 38.9 Å². The molecule has 5 nitrogen and oxygen atoms in total. The third-order valence-corrected chi connectivity index (χ3v) is 6.09. The second-order valence-electron chi connectivity index (χ2n) is 5.66. The second-order valence-corrected chi connectivity index (χ2v) is 9.13. The number of benzene rings is 2. The molecular formula is C18H21ClN2O3S2. The zero-order valence-corrected chi connectivity index (χ0v) is 16.9. The van der Waals surface area contributed by atoms with Crippen LogP contribution in [0.4, 0.5) is 5.69 Å². The van der Waals surface area contributed by atoms with E-state index < -0.39 is 16.1 Å². The minimum atomic E-state index is -3.62. The highest BCUT2D eigenvalue weighted by Gasteiger charge is 2.28. The summed E-state index contributed by atoms with van der Waals surface area (Å²) in [4.78, 5) is 13.5. The van der Waals surface area contributed by atoms with E-state index in [1.165, 1.54) is 0 Å². The molecule has 0 spiro atoms. The highest BCUT2D eigenvalue weighted by molar-refractivity contribution is 7.99. The highest BCUT2D eigenvalue weighted by Crippen LogP contribution is 2.23. The van der Waals surface area contributed by atoms with Gasteiger partial charge in [-0.1, -0.05) is 29.8 Å². The lowest BCUT2D eigenvalue weighted by Gasteiger charge is -2.28. The molecule has 0 saturated heterocycles. The molecule has 26 heavy (non-hydrogen) atoms. The Kier molecular flexibility index (Phi) is 7.37. The van der Waals surface area contributed by atoms with Gasteiger partial charge in [0.2, 0.25) is 15.9 Å². The van der Waals surface area contributed by atoms with E-state index in [9.17, 15) is 13.2 Å². The van der Waals surface area contributed by atoms with E-state index in [1.54, 1.807) is 43.0 Å². The van der Waals surface area contributed by atoms with Crippen LogP contribution in [0.15, 0.2) is 59.5 Å². The van der Waals surface area contributed by atoms with Gasteiger partial charge in [0, 0.05) is 22.2 Å². The van der Waals surface area contributed by atoms with Crippen LogP contribution in [0.5, 0.6) is 0 Å². The third-order valence-electron chi connectivity index (χ3n) is 3.58. The van der Waals surface area contributed by atoms with Gasteiger partial charge in [-0.15, -0.1) is 11.8 Å². The van der Waals surface area contributed by atoms with Crippen molar-refractivity contribution in [2.45, 2.75) is 17.9 Å². The van der Waals surface area contributed by atoms with Gasteiger partial charge in [-0.05, 0) is 43.3 Å². The minimum Gasteiger partial charge on any atom is -0.353 e. The maximum atomic E-state index is 12.4. The number of nitrogens with one attached hydrogen (secondary N) is 1. The lowest BCUT2D eigenvalue weighted by atomic mass is 10.2. The molecule has 0 aliphatic rings. The van der Waals surface area contributed by atoms with Crippen molar-refractivity contribution in [2.24, 2.45) is 0 Å². The smallest absolute Gasteiger partial charge is 0.243 e. The summed E-state index contributed by atoms with van der Waals surface area (Å²) in [6, 6.07) is 15.3. The molecule has 0 bridgehead atoms. The molecule has 0 aliphatic carbocycles. The first-order valence-electron chi connectivity index (χ1n) is 7.99. The molecule has 8 heteroatoms. The summed E-state index contributed by atoms with van der Waals surface area (Å²) in [5.74, 6) is 0.349. The number of anilines is 1. The molecule has 0 aromatic heterocycles. The highest BCUT2D eigenvalue weighted by atomic mass is 35.5. The van der Waals surface area contributed by atoms with Crippen LogP contribution in [0.2, 0.25) is 5.02 Å². The summed E-state index contributed by atoms with van der Waals surface area (Å²) in [5, 5.41) is 3.29. The van der Waals surface area contributed by atoms with Crippen molar-refractivity contribution in [2.75, 3.05) is 22.9 Å². The van der Waals surface area contributed by atoms with Crippen molar-refractivity contribution in [3.05, 3.63) is 59.6 Å². The Hall–Kier alpha value is -1.70. The fraction of sp³-hybridized carbons (Fsp3) is 0.278. The Morgan fingerprint density at radius 2 is 1.77 bits per heavy atom. The summed E-state index contributed by atoms with van der Waals surface area (Å²) in [6.45, 7) is 2.01. The van der Waals surface area contributed by atoms with E-state index in [4.69, 9.17) is 11.6 Å². The van der Waals surface area contributed by atoms with Crippen LogP contribution in [0.1, 0.15) is 6.92 Å². The molecule has 1 atom stereocenters. The van der Waals surface area contributed by atoms with Crippen LogP contribution in [-0.2, 0) is 14.8 Å². The van der Waals surface area contributed by atoms with E-state index in [0.717, 1.165) is 15.5 Å². The summed E-state index contributed by atoms with van der Waals surface area (Å²) in [5.41, 5.74) is 0.401. The fourth-order valence-corrected chi connectivity index (χ4v) is 4.49. The van der Waals surface area contributed by atoms with E-state index in [0.29, 0.717) is 23.0 Å². The largest absolute Gasteiger partial charge is 0.353 e. The zero-order chi connectivity index (χ0) is 19.2. The Morgan fingerprint density at radius 3 is 2.35 bits per heavy atom. The quantitative estimate of drug-likeness (QED) is 0.533. The fourth-order valence-electron chi connectivity index (χ4n) is 2.40. The number of thioether (sulfide) groups is 1. The molecule has 0 fully saturated rings. The molecule has 0 radical (unpaired) electrons. The number of rotatable bonds is 8. The zero-order valence-electron chi connectivity index (χ0n) is 14.6. The Labute approximate surface area is 163 Å². The van der Waals surface area contributed by atoms with Gasteiger partial charge in [-0.2, -0.15) is 0 Å². The van der Waals surface area contributed by atoms with Gasteiger partial charge in [0.05, 0.1) is 11.9 Å². The number of hydrogen-bond donors (Lipinski definition) is 1. The number of carbonyl (C=O) groups is 1. The van der Waals surface area contributed by atoms with E-state index in [1.807, 2.05) is 30.3 Å². The molecule has 140 valence electrons. The Morgan fingerprint density at radius 1 is 1.15 bits per heavy atom. The standard InChI is InChI=1S/C18H21ClN2O3S2/c1-14(18(22)20-12-13-25-17-6-4-3-5-7-17)21(26(2,23)24)16-10-8-15(19)9-11-16/h3-11,14H,12-13H2,1-2H3,(H,20,22)/t14-/m1/s1. The van der Waals surface area contributed by atoms with Crippen molar-refractivity contribution in [3.63, 3.8) is 0 Å². The number of sulfonamides is 1. The molecule has 1 amide bonds. The molecule has 2 aromatic rings. The average molecular weight is 413 g/mol. The molecule has 0 aliphatic heterocycles. The molecule has 0 unspecified atom stereocenters. The number of halogens is 1. The van der Waals surface area contributed by atoms with Crippen LogP contribution < -0.4 is 9.62 Å². The lowest BCUT2D eigenvalue weighted by Crippen LogP contribution is -2.48. The van der Waals surface area contributed by atoms with E-state index in [2.05, 4.69) is 5.32 Å². The van der Waals surface area contributed by atoms with Gasteiger partial charge in [-0.3, -0.25) is 9.10 Å². The van der Waals surface area contributed by atoms with Crippen LogP contribution in [0.25, 0.3) is 0 Å². The topological polar surface area (TPSA) is 66.5 Å². The first kappa shape index (κ1) is 20.6. The van der Waals surface area contributed by atoms with E-state index in [-0.39, 0.29) is 5.91 Å². The maximum absolute atomic E-state index is 12.4. The summed E-state index contributed by atoms with van der Waals surface area (Å²) < 4.78 is 25.5. The van der Waals surface area contributed by atoms with Gasteiger partial charge in [0.1, 0.15) is 6.04 Å². The maximum Gasteiger partial charge on any atom is 0.243 e. The van der Waals surface area contributed by atoms with Crippen molar-refractivity contribution in [1.29, 1.82) is 0 Å². The monoisotopic (exact) mass is 412 g/mol.